The standard InChI is InChI=1S/C7H12F3NO2/c1-3-13-6(12)4-11-5(2)7(8,9)10/h5,11H,3-4H2,1-2H3. The van der Waals surface area contributed by atoms with Crippen LogP contribution in [0.25, 0.3) is 0 Å². The molecule has 0 fully saturated rings. The van der Waals surface area contributed by atoms with E-state index in [0.29, 0.717) is 0 Å². The minimum atomic E-state index is -4.33. The van der Waals surface area contributed by atoms with Gasteiger partial charge in [0, 0.05) is 0 Å². The Bertz CT molecular complexity index is 170. The van der Waals surface area contributed by atoms with Gasteiger partial charge in [-0.15, -0.1) is 0 Å². The summed E-state index contributed by atoms with van der Waals surface area (Å²) in [5, 5.41) is 2.01. The zero-order chi connectivity index (χ0) is 10.5. The van der Waals surface area contributed by atoms with E-state index in [4.69, 9.17) is 0 Å². The number of halogens is 3. The van der Waals surface area contributed by atoms with Gasteiger partial charge in [0.2, 0.25) is 0 Å². The first-order valence-corrected chi connectivity index (χ1v) is 3.83. The van der Waals surface area contributed by atoms with Crippen molar-refractivity contribution >= 4 is 5.97 Å². The minimum Gasteiger partial charge on any atom is -0.465 e. The maximum absolute atomic E-state index is 11.9. The molecule has 0 aliphatic heterocycles. The maximum atomic E-state index is 11.9. The van der Waals surface area contributed by atoms with Crippen LogP contribution in [0.2, 0.25) is 0 Å². The zero-order valence-corrected chi connectivity index (χ0v) is 7.44. The Morgan fingerprint density at radius 3 is 2.46 bits per heavy atom. The number of esters is 1. The first-order chi connectivity index (χ1) is 5.88. The van der Waals surface area contributed by atoms with E-state index in [-0.39, 0.29) is 6.61 Å². The highest BCUT2D eigenvalue weighted by molar-refractivity contribution is 5.71. The van der Waals surface area contributed by atoms with Crippen LogP contribution in [0, 0.1) is 0 Å². The monoisotopic (exact) mass is 199 g/mol. The van der Waals surface area contributed by atoms with Gasteiger partial charge in [-0.2, -0.15) is 13.2 Å². The molecule has 0 bridgehead atoms. The molecular weight excluding hydrogens is 187 g/mol. The van der Waals surface area contributed by atoms with Crippen molar-refractivity contribution in [3.05, 3.63) is 0 Å². The molecule has 0 aromatic carbocycles. The number of hydrogen-bond donors (Lipinski definition) is 1. The van der Waals surface area contributed by atoms with Crippen molar-refractivity contribution in [2.45, 2.75) is 26.1 Å². The van der Waals surface area contributed by atoms with Gasteiger partial charge in [0.1, 0.15) is 6.04 Å². The van der Waals surface area contributed by atoms with Crippen LogP contribution in [0.3, 0.4) is 0 Å². The van der Waals surface area contributed by atoms with Crippen LogP contribution in [-0.4, -0.2) is 31.3 Å². The fourth-order valence-corrected chi connectivity index (χ4v) is 0.564. The molecule has 0 saturated carbocycles. The molecule has 1 unspecified atom stereocenters. The third-order valence-corrected chi connectivity index (χ3v) is 1.35. The molecule has 78 valence electrons. The minimum absolute atomic E-state index is 0.168. The molecule has 0 aliphatic rings. The van der Waals surface area contributed by atoms with Gasteiger partial charge < -0.3 is 4.74 Å². The Balaban J connectivity index is 3.70. The zero-order valence-electron chi connectivity index (χ0n) is 7.44. The Morgan fingerprint density at radius 2 is 2.08 bits per heavy atom. The SMILES string of the molecule is CCOC(=O)CNC(C)C(F)(F)F. The van der Waals surface area contributed by atoms with Crippen molar-refractivity contribution in [3.8, 4) is 0 Å². The fraction of sp³-hybridized carbons (Fsp3) is 0.857. The number of ether oxygens (including phenoxy) is 1. The first kappa shape index (κ1) is 12.2. The second kappa shape index (κ2) is 5.06. The molecular formula is C7H12F3NO2. The number of alkyl halides is 3. The molecule has 0 spiro atoms. The Morgan fingerprint density at radius 1 is 1.54 bits per heavy atom. The molecule has 0 saturated heterocycles. The summed E-state index contributed by atoms with van der Waals surface area (Å²) in [6.45, 7) is 2.28. The summed E-state index contributed by atoms with van der Waals surface area (Å²) in [5.41, 5.74) is 0. The Kier molecular flexibility index (Phi) is 4.76. The molecule has 3 nitrogen and oxygen atoms in total. The second-order valence-corrected chi connectivity index (χ2v) is 2.45. The van der Waals surface area contributed by atoms with Crippen LogP contribution in [-0.2, 0) is 9.53 Å². The van der Waals surface area contributed by atoms with Gasteiger partial charge in [0.25, 0.3) is 0 Å². The van der Waals surface area contributed by atoms with Gasteiger partial charge in [-0.1, -0.05) is 0 Å². The molecule has 0 amide bonds. The van der Waals surface area contributed by atoms with Crippen LogP contribution in [0.4, 0.5) is 13.2 Å². The lowest BCUT2D eigenvalue weighted by molar-refractivity contribution is -0.155. The molecule has 6 heteroatoms. The fourth-order valence-electron chi connectivity index (χ4n) is 0.564. The Labute approximate surface area is 74.3 Å². The van der Waals surface area contributed by atoms with E-state index in [1.54, 1.807) is 6.92 Å². The summed E-state index contributed by atoms with van der Waals surface area (Å²) in [6.07, 6.45) is -4.33. The predicted octanol–water partition coefficient (Wildman–Crippen LogP) is 1.09. The smallest absolute Gasteiger partial charge is 0.403 e. The summed E-state index contributed by atoms with van der Waals surface area (Å²) < 4.78 is 40.0. The van der Waals surface area contributed by atoms with Crippen molar-refractivity contribution in [3.63, 3.8) is 0 Å². The molecule has 0 rings (SSSR count). The largest absolute Gasteiger partial charge is 0.465 e. The lowest BCUT2D eigenvalue weighted by Gasteiger charge is -2.16. The van der Waals surface area contributed by atoms with Crippen molar-refractivity contribution in [1.82, 2.24) is 5.32 Å². The highest BCUT2D eigenvalue weighted by Gasteiger charge is 2.35. The summed E-state index contributed by atoms with van der Waals surface area (Å²) in [6, 6.07) is -1.70. The molecule has 0 aliphatic carbocycles. The van der Waals surface area contributed by atoms with E-state index in [9.17, 15) is 18.0 Å². The van der Waals surface area contributed by atoms with E-state index in [0.717, 1.165) is 6.92 Å². The van der Waals surface area contributed by atoms with Crippen LogP contribution in [0.5, 0.6) is 0 Å². The summed E-state index contributed by atoms with van der Waals surface area (Å²) in [4.78, 5) is 10.6. The van der Waals surface area contributed by atoms with Gasteiger partial charge in [0.15, 0.2) is 0 Å². The van der Waals surface area contributed by atoms with Crippen LogP contribution >= 0.6 is 0 Å². The number of carbonyl (C=O) groups excluding carboxylic acids is 1. The Hall–Kier alpha value is -0.780. The van der Waals surface area contributed by atoms with Gasteiger partial charge in [-0.25, -0.2) is 0 Å². The average Bonchev–Trinajstić information content (AvgIpc) is 1.99. The van der Waals surface area contributed by atoms with Crippen LogP contribution in [0.1, 0.15) is 13.8 Å². The normalized spacial score (nSPS) is 13.9. The van der Waals surface area contributed by atoms with Gasteiger partial charge in [-0.3, -0.25) is 10.1 Å². The summed E-state index contributed by atoms with van der Waals surface area (Å²) in [7, 11) is 0. The van der Waals surface area contributed by atoms with Crippen molar-refractivity contribution in [2.75, 3.05) is 13.2 Å². The quantitative estimate of drug-likeness (QED) is 0.689. The van der Waals surface area contributed by atoms with E-state index in [1.165, 1.54) is 0 Å². The first-order valence-electron chi connectivity index (χ1n) is 3.83. The molecule has 13 heavy (non-hydrogen) atoms. The number of nitrogens with one attached hydrogen (secondary N) is 1. The number of rotatable bonds is 4. The molecule has 1 atom stereocenters. The van der Waals surface area contributed by atoms with Crippen molar-refractivity contribution < 1.29 is 22.7 Å². The molecule has 0 radical (unpaired) electrons. The van der Waals surface area contributed by atoms with E-state index < -0.39 is 24.7 Å². The maximum Gasteiger partial charge on any atom is 0.403 e. The highest BCUT2D eigenvalue weighted by atomic mass is 19.4. The lowest BCUT2D eigenvalue weighted by Crippen LogP contribution is -2.42. The van der Waals surface area contributed by atoms with E-state index >= 15 is 0 Å². The van der Waals surface area contributed by atoms with Crippen molar-refractivity contribution in [2.24, 2.45) is 0 Å². The third-order valence-electron chi connectivity index (χ3n) is 1.35. The molecule has 0 heterocycles. The lowest BCUT2D eigenvalue weighted by atomic mass is 10.3. The van der Waals surface area contributed by atoms with Gasteiger partial charge >= 0.3 is 12.1 Å². The predicted molar refractivity (Wildman–Crippen MR) is 40.2 cm³/mol. The van der Waals surface area contributed by atoms with E-state index in [1.807, 2.05) is 5.32 Å². The number of carbonyl (C=O) groups is 1. The molecule has 0 aromatic heterocycles. The van der Waals surface area contributed by atoms with Crippen LogP contribution < -0.4 is 5.32 Å². The van der Waals surface area contributed by atoms with E-state index in [2.05, 4.69) is 4.74 Å². The highest BCUT2D eigenvalue weighted by Crippen LogP contribution is 2.19. The summed E-state index contributed by atoms with van der Waals surface area (Å²) in [5.74, 6) is -0.682. The third kappa shape index (κ3) is 5.46. The second-order valence-electron chi connectivity index (χ2n) is 2.45. The molecule has 0 aromatic rings. The van der Waals surface area contributed by atoms with Gasteiger partial charge in [0.05, 0.1) is 13.2 Å². The average molecular weight is 199 g/mol. The van der Waals surface area contributed by atoms with Crippen molar-refractivity contribution in [1.29, 1.82) is 0 Å². The van der Waals surface area contributed by atoms with Gasteiger partial charge in [-0.05, 0) is 13.8 Å². The van der Waals surface area contributed by atoms with Crippen LogP contribution in [0.15, 0.2) is 0 Å². The molecule has 1 N–H and O–H groups in total. The summed E-state index contributed by atoms with van der Waals surface area (Å²) >= 11 is 0. The number of hydrogen-bond acceptors (Lipinski definition) is 3. The topological polar surface area (TPSA) is 38.3 Å².